The van der Waals surface area contributed by atoms with Gasteiger partial charge in [-0.25, -0.2) is 0 Å². The van der Waals surface area contributed by atoms with E-state index in [2.05, 4.69) is 0 Å². The predicted octanol–water partition coefficient (Wildman–Crippen LogP) is 1.87. The van der Waals surface area contributed by atoms with Crippen LogP contribution in [-0.4, -0.2) is 62.7 Å². The Kier molecular flexibility index (Phi) is 7.07. The lowest BCUT2D eigenvalue weighted by Gasteiger charge is -2.45. The number of aliphatic hydroxyl groups is 5. The maximum Gasteiger partial charge on any atom is 0.222 e. The summed E-state index contributed by atoms with van der Waals surface area (Å²) in [5, 5.41) is 51.5. The largest absolute Gasteiger partial charge is 0.490 e. The molecule has 1 unspecified atom stereocenters. The standard InChI is InChI=1S/C24H29ClO7/c25-19-10-7-16(24(30)23(29)22(28)21(27)20(13-26)32-24)12-15(19)11-14-5-8-18(9-6-14)31-17-3-1-2-4-17/h5-10,12,17,20-23,26-30H,1-4,11,13H2/t20-,21-,22+,23-,24?/m1/s1. The highest BCUT2D eigenvalue weighted by Gasteiger charge is 2.53. The van der Waals surface area contributed by atoms with Crippen molar-refractivity contribution in [1.82, 2.24) is 0 Å². The molecule has 2 aromatic rings. The van der Waals surface area contributed by atoms with Crippen molar-refractivity contribution in [1.29, 1.82) is 0 Å². The molecule has 5 atom stereocenters. The molecule has 174 valence electrons. The molecule has 2 aromatic carbocycles. The van der Waals surface area contributed by atoms with Crippen molar-refractivity contribution in [2.75, 3.05) is 6.61 Å². The predicted molar refractivity (Wildman–Crippen MR) is 117 cm³/mol. The van der Waals surface area contributed by atoms with Gasteiger partial charge in [-0.3, -0.25) is 0 Å². The highest BCUT2D eigenvalue weighted by Crippen LogP contribution is 2.38. The van der Waals surface area contributed by atoms with Gasteiger partial charge in [-0.15, -0.1) is 0 Å². The van der Waals surface area contributed by atoms with Gasteiger partial charge in [0.25, 0.3) is 0 Å². The molecule has 0 spiro atoms. The van der Waals surface area contributed by atoms with Crippen LogP contribution in [0.4, 0.5) is 0 Å². The zero-order valence-electron chi connectivity index (χ0n) is 17.6. The first-order valence-electron chi connectivity index (χ1n) is 10.9. The summed E-state index contributed by atoms with van der Waals surface area (Å²) in [7, 11) is 0. The number of benzene rings is 2. The van der Waals surface area contributed by atoms with Gasteiger partial charge >= 0.3 is 0 Å². The zero-order valence-corrected chi connectivity index (χ0v) is 18.4. The first-order valence-corrected chi connectivity index (χ1v) is 11.3. The van der Waals surface area contributed by atoms with Gasteiger partial charge in [0.2, 0.25) is 5.79 Å². The van der Waals surface area contributed by atoms with Gasteiger partial charge in [-0.2, -0.15) is 0 Å². The number of hydrogen-bond acceptors (Lipinski definition) is 7. The smallest absolute Gasteiger partial charge is 0.222 e. The fraction of sp³-hybridized carbons (Fsp3) is 0.500. The second-order valence-corrected chi connectivity index (χ2v) is 9.02. The maximum atomic E-state index is 11.0. The van der Waals surface area contributed by atoms with Crippen molar-refractivity contribution in [3.05, 3.63) is 64.2 Å². The molecule has 4 rings (SSSR count). The third kappa shape index (κ3) is 4.65. The number of hydrogen-bond donors (Lipinski definition) is 5. The lowest BCUT2D eigenvalue weighted by molar-refractivity contribution is -0.357. The molecule has 32 heavy (non-hydrogen) atoms. The Hall–Kier alpha value is -1.71. The Morgan fingerprint density at radius 2 is 1.69 bits per heavy atom. The van der Waals surface area contributed by atoms with Gasteiger partial charge in [0.15, 0.2) is 0 Å². The highest BCUT2D eigenvalue weighted by molar-refractivity contribution is 6.31. The van der Waals surface area contributed by atoms with E-state index in [9.17, 15) is 25.5 Å². The average Bonchev–Trinajstić information content (AvgIpc) is 3.30. The van der Waals surface area contributed by atoms with E-state index in [-0.39, 0.29) is 11.7 Å². The first-order chi connectivity index (χ1) is 15.3. The van der Waals surface area contributed by atoms with E-state index in [1.807, 2.05) is 24.3 Å². The van der Waals surface area contributed by atoms with Crippen LogP contribution in [0.5, 0.6) is 5.75 Å². The number of rotatable bonds is 6. The van der Waals surface area contributed by atoms with Gasteiger partial charge < -0.3 is 35.0 Å². The van der Waals surface area contributed by atoms with Gasteiger partial charge in [0.1, 0.15) is 30.2 Å². The van der Waals surface area contributed by atoms with Gasteiger partial charge in [-0.05, 0) is 67.5 Å². The fourth-order valence-electron chi connectivity index (χ4n) is 4.43. The van der Waals surface area contributed by atoms with Crippen LogP contribution in [-0.2, 0) is 16.9 Å². The minimum atomic E-state index is -2.32. The van der Waals surface area contributed by atoms with Gasteiger partial charge in [-0.1, -0.05) is 29.8 Å². The molecule has 1 aliphatic carbocycles. The maximum absolute atomic E-state index is 11.0. The van der Waals surface area contributed by atoms with E-state index < -0.39 is 36.8 Å². The van der Waals surface area contributed by atoms with Gasteiger partial charge in [0.05, 0.1) is 12.7 Å². The summed E-state index contributed by atoms with van der Waals surface area (Å²) in [6, 6.07) is 12.4. The zero-order chi connectivity index (χ0) is 22.9. The molecule has 1 saturated carbocycles. The monoisotopic (exact) mass is 464 g/mol. The minimum absolute atomic E-state index is 0.162. The van der Waals surface area contributed by atoms with Crippen LogP contribution < -0.4 is 4.74 Å². The van der Waals surface area contributed by atoms with Crippen LogP contribution in [0.15, 0.2) is 42.5 Å². The first kappa shape index (κ1) is 23.4. The summed E-state index contributed by atoms with van der Waals surface area (Å²) in [6.45, 7) is -0.636. The summed E-state index contributed by atoms with van der Waals surface area (Å²) >= 11 is 6.38. The summed E-state index contributed by atoms with van der Waals surface area (Å²) in [5.74, 6) is -1.49. The van der Waals surface area contributed by atoms with Crippen LogP contribution in [0.25, 0.3) is 0 Å². The molecule has 0 aromatic heterocycles. The Labute approximate surface area is 191 Å². The van der Waals surface area contributed by atoms with Crippen molar-refractivity contribution in [3.8, 4) is 5.75 Å². The summed E-state index contributed by atoms with van der Waals surface area (Å²) in [4.78, 5) is 0. The van der Waals surface area contributed by atoms with Crippen LogP contribution >= 0.6 is 11.6 Å². The molecule has 0 bridgehead atoms. The molecule has 7 nitrogen and oxygen atoms in total. The lowest BCUT2D eigenvalue weighted by atomic mass is 9.87. The number of halogens is 1. The molecule has 1 aliphatic heterocycles. The summed E-state index contributed by atoms with van der Waals surface area (Å²) in [6.07, 6.45) is -0.985. The van der Waals surface area contributed by atoms with E-state index in [1.165, 1.54) is 18.9 Å². The van der Waals surface area contributed by atoms with Crippen LogP contribution in [0, 0.1) is 0 Å². The topological polar surface area (TPSA) is 120 Å². The summed E-state index contributed by atoms with van der Waals surface area (Å²) < 4.78 is 11.4. The third-order valence-corrected chi connectivity index (χ3v) is 6.72. The molecule has 8 heteroatoms. The van der Waals surface area contributed by atoms with Crippen molar-refractivity contribution in [2.24, 2.45) is 0 Å². The van der Waals surface area contributed by atoms with E-state index in [1.54, 1.807) is 12.1 Å². The fourth-order valence-corrected chi connectivity index (χ4v) is 4.61. The Balaban J connectivity index is 1.53. The van der Waals surface area contributed by atoms with Crippen molar-refractivity contribution < 1.29 is 35.0 Å². The van der Waals surface area contributed by atoms with E-state index in [0.29, 0.717) is 17.0 Å². The summed E-state index contributed by atoms with van der Waals surface area (Å²) in [5.41, 5.74) is 1.82. The molecule has 1 saturated heterocycles. The Morgan fingerprint density at radius 3 is 2.34 bits per heavy atom. The highest BCUT2D eigenvalue weighted by atomic mass is 35.5. The SMILES string of the molecule is OC[C@H]1OC(O)(c2ccc(Cl)c(Cc3ccc(OC4CCCC4)cc3)c2)[C@H](O)[C@@H](O)[C@@H]1O. The van der Waals surface area contributed by atoms with Crippen LogP contribution in [0.2, 0.25) is 5.02 Å². The lowest BCUT2D eigenvalue weighted by Crippen LogP contribution is -2.63. The number of ether oxygens (including phenoxy) is 2. The Morgan fingerprint density at radius 1 is 1.00 bits per heavy atom. The second kappa shape index (κ2) is 9.65. The van der Waals surface area contributed by atoms with E-state index in [0.717, 1.165) is 24.2 Å². The average molecular weight is 465 g/mol. The van der Waals surface area contributed by atoms with E-state index >= 15 is 0 Å². The molecular weight excluding hydrogens is 436 g/mol. The Bertz CT molecular complexity index is 913. The molecule has 2 aliphatic rings. The van der Waals surface area contributed by atoms with E-state index in [4.69, 9.17) is 21.1 Å². The number of aliphatic hydroxyl groups excluding tert-OH is 4. The quantitative estimate of drug-likeness (QED) is 0.442. The second-order valence-electron chi connectivity index (χ2n) is 8.61. The molecule has 2 fully saturated rings. The van der Waals surface area contributed by atoms with Crippen molar-refractivity contribution >= 4 is 11.6 Å². The third-order valence-electron chi connectivity index (χ3n) is 6.35. The minimum Gasteiger partial charge on any atom is -0.490 e. The molecule has 0 amide bonds. The molecule has 0 radical (unpaired) electrons. The van der Waals surface area contributed by atoms with Crippen molar-refractivity contribution in [3.63, 3.8) is 0 Å². The molecular formula is C24H29ClO7. The van der Waals surface area contributed by atoms with Gasteiger partial charge in [0, 0.05) is 10.6 Å². The molecule has 5 N–H and O–H groups in total. The van der Waals surface area contributed by atoms with Crippen LogP contribution in [0.1, 0.15) is 42.4 Å². The normalized spacial score (nSPS) is 31.1. The molecule has 1 heterocycles. The van der Waals surface area contributed by atoms with Crippen LogP contribution in [0.3, 0.4) is 0 Å². The van der Waals surface area contributed by atoms with Crippen molar-refractivity contribution in [2.45, 2.75) is 68.4 Å².